The molecule has 4 heteroatoms. The number of hydrogen-bond acceptors (Lipinski definition) is 2. The van der Waals surface area contributed by atoms with Crippen molar-refractivity contribution in [2.45, 2.75) is 6.54 Å². The highest BCUT2D eigenvalue weighted by molar-refractivity contribution is 6.30. The Bertz CT molecular complexity index is 508. The molecule has 0 fully saturated rings. The summed E-state index contributed by atoms with van der Waals surface area (Å²) in [4.78, 5) is 0. The highest BCUT2D eigenvalue weighted by Crippen LogP contribution is 2.17. The smallest absolute Gasteiger partial charge is 0.127 e. The zero-order valence-corrected chi connectivity index (χ0v) is 9.84. The molecule has 0 heterocycles. The SMILES string of the molecule is Nc1cc(F)cc(NCc2cccc(Cl)c2)c1. The third-order valence-corrected chi connectivity index (χ3v) is 2.54. The minimum absolute atomic E-state index is 0.349. The van der Waals surface area contributed by atoms with Crippen molar-refractivity contribution in [3.63, 3.8) is 0 Å². The standard InChI is InChI=1S/C13H12ClFN2/c14-10-3-1-2-9(4-10)8-17-13-6-11(15)5-12(16)7-13/h1-7,17H,8,16H2. The van der Waals surface area contributed by atoms with Gasteiger partial charge in [-0.1, -0.05) is 23.7 Å². The van der Waals surface area contributed by atoms with E-state index < -0.39 is 0 Å². The monoisotopic (exact) mass is 250 g/mol. The first-order valence-electron chi connectivity index (χ1n) is 5.18. The van der Waals surface area contributed by atoms with Gasteiger partial charge in [-0.3, -0.25) is 0 Å². The lowest BCUT2D eigenvalue weighted by Gasteiger charge is -2.08. The van der Waals surface area contributed by atoms with E-state index in [2.05, 4.69) is 5.32 Å². The molecule has 0 bridgehead atoms. The van der Waals surface area contributed by atoms with Crippen LogP contribution in [0, 0.1) is 5.82 Å². The first-order valence-corrected chi connectivity index (χ1v) is 5.56. The van der Waals surface area contributed by atoms with Gasteiger partial charge in [-0.25, -0.2) is 4.39 Å². The van der Waals surface area contributed by atoms with Gasteiger partial charge in [0.2, 0.25) is 0 Å². The molecular formula is C13H12ClFN2. The summed E-state index contributed by atoms with van der Waals surface area (Å²) >= 11 is 5.87. The molecule has 0 aliphatic carbocycles. The molecule has 3 N–H and O–H groups in total. The molecular weight excluding hydrogens is 239 g/mol. The average molecular weight is 251 g/mol. The van der Waals surface area contributed by atoms with Crippen LogP contribution < -0.4 is 11.1 Å². The van der Waals surface area contributed by atoms with Crippen LogP contribution in [0.1, 0.15) is 5.56 Å². The van der Waals surface area contributed by atoms with Crippen LogP contribution in [0.15, 0.2) is 42.5 Å². The minimum Gasteiger partial charge on any atom is -0.399 e. The van der Waals surface area contributed by atoms with Gasteiger partial charge in [-0.05, 0) is 35.9 Å². The molecule has 0 aliphatic rings. The van der Waals surface area contributed by atoms with Gasteiger partial charge >= 0.3 is 0 Å². The van der Waals surface area contributed by atoms with Gasteiger partial charge < -0.3 is 11.1 Å². The molecule has 2 rings (SSSR count). The van der Waals surface area contributed by atoms with Crippen LogP contribution in [0.3, 0.4) is 0 Å². The number of halogens is 2. The summed E-state index contributed by atoms with van der Waals surface area (Å²) < 4.78 is 13.1. The largest absolute Gasteiger partial charge is 0.399 e. The lowest BCUT2D eigenvalue weighted by molar-refractivity contribution is 0.629. The van der Waals surface area contributed by atoms with E-state index in [1.54, 1.807) is 6.07 Å². The Morgan fingerprint density at radius 1 is 1.18 bits per heavy atom. The maximum atomic E-state index is 13.1. The predicted molar refractivity (Wildman–Crippen MR) is 69.6 cm³/mol. The summed E-state index contributed by atoms with van der Waals surface area (Å²) in [6.45, 7) is 0.573. The van der Waals surface area contributed by atoms with E-state index in [1.165, 1.54) is 12.1 Å². The van der Waals surface area contributed by atoms with Crippen LogP contribution in [0.25, 0.3) is 0 Å². The fraction of sp³-hybridized carbons (Fsp3) is 0.0769. The van der Waals surface area contributed by atoms with Gasteiger partial charge in [0.25, 0.3) is 0 Å². The molecule has 2 nitrogen and oxygen atoms in total. The molecule has 0 amide bonds. The molecule has 2 aromatic carbocycles. The van der Waals surface area contributed by atoms with Crippen LogP contribution >= 0.6 is 11.6 Å². The van der Waals surface area contributed by atoms with Crippen molar-refractivity contribution < 1.29 is 4.39 Å². The Labute approximate surface area is 104 Å². The van der Waals surface area contributed by atoms with E-state index in [4.69, 9.17) is 17.3 Å². The van der Waals surface area contributed by atoms with Crippen molar-refractivity contribution in [1.29, 1.82) is 0 Å². The topological polar surface area (TPSA) is 38.0 Å². The number of nitrogens with two attached hydrogens (primary N) is 1. The Morgan fingerprint density at radius 3 is 2.71 bits per heavy atom. The van der Waals surface area contributed by atoms with Crippen molar-refractivity contribution in [3.8, 4) is 0 Å². The van der Waals surface area contributed by atoms with Crippen LogP contribution in [-0.4, -0.2) is 0 Å². The van der Waals surface area contributed by atoms with Crippen molar-refractivity contribution in [2.75, 3.05) is 11.1 Å². The predicted octanol–water partition coefficient (Wildman–Crippen LogP) is 3.67. The van der Waals surface area contributed by atoms with E-state index in [0.717, 1.165) is 5.56 Å². The van der Waals surface area contributed by atoms with E-state index in [9.17, 15) is 4.39 Å². The second kappa shape index (κ2) is 5.06. The number of benzene rings is 2. The zero-order valence-electron chi connectivity index (χ0n) is 9.08. The number of hydrogen-bond donors (Lipinski definition) is 2. The van der Waals surface area contributed by atoms with Gasteiger partial charge in [0.05, 0.1) is 0 Å². The average Bonchev–Trinajstić information content (AvgIpc) is 2.25. The molecule has 2 aromatic rings. The molecule has 0 radical (unpaired) electrons. The summed E-state index contributed by atoms with van der Waals surface area (Å²) in [6, 6.07) is 11.9. The van der Waals surface area contributed by atoms with E-state index in [1.807, 2.05) is 24.3 Å². The fourth-order valence-electron chi connectivity index (χ4n) is 1.57. The van der Waals surface area contributed by atoms with Crippen LogP contribution in [0.2, 0.25) is 5.02 Å². The number of anilines is 2. The Hall–Kier alpha value is -1.74. The Morgan fingerprint density at radius 2 is 2.00 bits per heavy atom. The summed E-state index contributed by atoms with van der Waals surface area (Å²) in [5, 5.41) is 3.77. The first kappa shape index (κ1) is 11.7. The van der Waals surface area contributed by atoms with E-state index >= 15 is 0 Å². The quantitative estimate of drug-likeness (QED) is 0.816. The highest BCUT2D eigenvalue weighted by atomic mass is 35.5. The summed E-state index contributed by atoms with van der Waals surface area (Å²) in [7, 11) is 0. The molecule has 0 unspecified atom stereocenters. The van der Waals surface area contributed by atoms with Gasteiger partial charge in [0, 0.05) is 22.9 Å². The molecule has 0 aromatic heterocycles. The fourth-order valence-corrected chi connectivity index (χ4v) is 1.78. The first-order chi connectivity index (χ1) is 8.13. The second-order valence-corrected chi connectivity index (χ2v) is 4.19. The Balaban J connectivity index is 2.07. The lowest BCUT2D eigenvalue weighted by Crippen LogP contribution is -2.00. The van der Waals surface area contributed by atoms with Crippen molar-refractivity contribution >= 4 is 23.0 Å². The lowest BCUT2D eigenvalue weighted by atomic mass is 10.2. The number of nitrogens with one attached hydrogen (secondary N) is 1. The van der Waals surface area contributed by atoms with Crippen molar-refractivity contribution in [2.24, 2.45) is 0 Å². The molecule has 0 saturated carbocycles. The van der Waals surface area contributed by atoms with E-state index in [0.29, 0.717) is 22.9 Å². The molecule has 0 aliphatic heterocycles. The molecule has 0 spiro atoms. The van der Waals surface area contributed by atoms with Crippen molar-refractivity contribution in [3.05, 3.63) is 58.9 Å². The van der Waals surface area contributed by atoms with Crippen molar-refractivity contribution in [1.82, 2.24) is 0 Å². The second-order valence-electron chi connectivity index (χ2n) is 3.76. The normalized spacial score (nSPS) is 10.2. The van der Waals surface area contributed by atoms with Crippen LogP contribution in [0.5, 0.6) is 0 Å². The Kier molecular flexibility index (Phi) is 3.49. The molecule has 17 heavy (non-hydrogen) atoms. The van der Waals surface area contributed by atoms with Crippen LogP contribution in [0.4, 0.5) is 15.8 Å². The maximum absolute atomic E-state index is 13.1. The van der Waals surface area contributed by atoms with Gasteiger partial charge in [0.15, 0.2) is 0 Å². The summed E-state index contributed by atoms with van der Waals surface area (Å²) in [5.74, 6) is -0.349. The van der Waals surface area contributed by atoms with Gasteiger partial charge in [0.1, 0.15) is 5.82 Å². The van der Waals surface area contributed by atoms with Crippen LogP contribution in [-0.2, 0) is 6.54 Å². The number of nitrogen functional groups attached to an aromatic ring is 1. The molecule has 0 atom stereocenters. The third-order valence-electron chi connectivity index (χ3n) is 2.31. The number of rotatable bonds is 3. The third kappa shape index (κ3) is 3.36. The van der Waals surface area contributed by atoms with E-state index in [-0.39, 0.29) is 5.82 Å². The minimum atomic E-state index is -0.349. The van der Waals surface area contributed by atoms with Gasteiger partial charge in [-0.2, -0.15) is 0 Å². The maximum Gasteiger partial charge on any atom is 0.127 e. The van der Waals surface area contributed by atoms with Gasteiger partial charge in [-0.15, -0.1) is 0 Å². The summed E-state index contributed by atoms with van der Waals surface area (Å²) in [5.41, 5.74) is 7.64. The summed E-state index contributed by atoms with van der Waals surface area (Å²) in [6.07, 6.45) is 0. The molecule has 88 valence electrons. The highest BCUT2D eigenvalue weighted by Gasteiger charge is 1.99. The molecule has 0 saturated heterocycles. The zero-order chi connectivity index (χ0) is 12.3.